The van der Waals surface area contributed by atoms with Crippen LogP contribution in [0.1, 0.15) is 11.1 Å². The van der Waals surface area contributed by atoms with Crippen LogP contribution in [-0.2, 0) is 14.4 Å². The molecule has 1 rings (SSSR count). The molecule has 0 saturated carbocycles. The zero-order chi connectivity index (χ0) is 15.1. The predicted octanol–water partition coefficient (Wildman–Crippen LogP) is -0.336. The van der Waals surface area contributed by atoms with Crippen molar-refractivity contribution in [1.82, 2.24) is 5.32 Å². The van der Waals surface area contributed by atoms with E-state index in [9.17, 15) is 19.5 Å². The average molecular weight is 275 g/mol. The summed E-state index contributed by atoms with van der Waals surface area (Å²) in [6, 6.07) is 5.45. The summed E-state index contributed by atoms with van der Waals surface area (Å²) in [4.78, 5) is 32.8. The molecule has 0 spiro atoms. The van der Waals surface area contributed by atoms with Crippen LogP contribution >= 0.6 is 0 Å². The number of rotatable bonds is 5. The number of hydrogen-bond donors (Lipinski definition) is 2. The average Bonchev–Trinajstić information content (AvgIpc) is 2.38. The quantitative estimate of drug-likeness (QED) is 0.718. The molecule has 6 heteroatoms. The first-order valence-electron chi connectivity index (χ1n) is 5.92. The first-order valence-corrected chi connectivity index (χ1v) is 5.92. The van der Waals surface area contributed by atoms with Gasteiger partial charge in [-0.3, -0.25) is 9.59 Å². The standard InChI is InChI=1S/C14H16N2O4/c1-9-3-4-11(7-10(9)2)16-13(18)6-5-12(17)15-8-14(19)20/h3-7H,8H2,1-2H3,(H,15,17)(H,16,18)(H,19,20)/p-1/b6-5-. The molecule has 0 saturated heterocycles. The van der Waals surface area contributed by atoms with Gasteiger partial charge in [0, 0.05) is 17.8 Å². The van der Waals surface area contributed by atoms with E-state index in [1.54, 1.807) is 6.07 Å². The fourth-order valence-electron chi connectivity index (χ4n) is 1.37. The molecule has 0 unspecified atom stereocenters. The second kappa shape index (κ2) is 7.08. The Hall–Kier alpha value is -2.63. The van der Waals surface area contributed by atoms with Gasteiger partial charge in [-0.1, -0.05) is 6.07 Å². The van der Waals surface area contributed by atoms with E-state index >= 15 is 0 Å². The molecule has 106 valence electrons. The third-order valence-corrected chi connectivity index (χ3v) is 2.57. The van der Waals surface area contributed by atoms with E-state index in [4.69, 9.17) is 0 Å². The van der Waals surface area contributed by atoms with Gasteiger partial charge in [0.2, 0.25) is 11.8 Å². The molecule has 6 nitrogen and oxygen atoms in total. The molecule has 20 heavy (non-hydrogen) atoms. The second-order valence-corrected chi connectivity index (χ2v) is 4.21. The molecular weight excluding hydrogens is 260 g/mol. The van der Waals surface area contributed by atoms with Gasteiger partial charge in [-0.05, 0) is 37.1 Å². The summed E-state index contributed by atoms with van der Waals surface area (Å²) < 4.78 is 0. The molecule has 0 bridgehead atoms. The normalized spacial score (nSPS) is 10.3. The van der Waals surface area contributed by atoms with Gasteiger partial charge in [0.1, 0.15) is 0 Å². The lowest BCUT2D eigenvalue weighted by Crippen LogP contribution is -2.37. The summed E-state index contributed by atoms with van der Waals surface area (Å²) >= 11 is 0. The molecule has 0 aliphatic heterocycles. The van der Waals surface area contributed by atoms with Crippen molar-refractivity contribution in [2.24, 2.45) is 0 Å². The van der Waals surface area contributed by atoms with Gasteiger partial charge in [0.25, 0.3) is 0 Å². The fraction of sp³-hybridized carbons (Fsp3) is 0.214. The van der Waals surface area contributed by atoms with Crippen LogP contribution in [0.5, 0.6) is 0 Å². The Balaban J connectivity index is 2.52. The fourth-order valence-corrected chi connectivity index (χ4v) is 1.37. The van der Waals surface area contributed by atoms with E-state index in [0.29, 0.717) is 5.69 Å². The van der Waals surface area contributed by atoms with Crippen LogP contribution < -0.4 is 15.7 Å². The molecule has 0 aliphatic carbocycles. The lowest BCUT2D eigenvalue weighted by Gasteiger charge is -2.05. The Morgan fingerprint density at radius 1 is 1.10 bits per heavy atom. The van der Waals surface area contributed by atoms with Crippen LogP contribution in [0, 0.1) is 13.8 Å². The van der Waals surface area contributed by atoms with Crippen molar-refractivity contribution in [2.45, 2.75) is 13.8 Å². The third kappa shape index (κ3) is 5.34. The van der Waals surface area contributed by atoms with Gasteiger partial charge in [-0.15, -0.1) is 0 Å². The van der Waals surface area contributed by atoms with Crippen LogP contribution in [-0.4, -0.2) is 24.3 Å². The van der Waals surface area contributed by atoms with Crippen molar-refractivity contribution in [1.29, 1.82) is 0 Å². The summed E-state index contributed by atoms with van der Waals surface area (Å²) in [5, 5.41) is 14.8. The Morgan fingerprint density at radius 3 is 2.35 bits per heavy atom. The van der Waals surface area contributed by atoms with Crippen molar-refractivity contribution in [2.75, 3.05) is 11.9 Å². The van der Waals surface area contributed by atoms with Crippen LogP contribution in [0.3, 0.4) is 0 Å². The van der Waals surface area contributed by atoms with Gasteiger partial charge in [-0.25, -0.2) is 0 Å². The highest BCUT2D eigenvalue weighted by Crippen LogP contribution is 2.13. The second-order valence-electron chi connectivity index (χ2n) is 4.21. The summed E-state index contributed by atoms with van der Waals surface area (Å²) in [5.74, 6) is -2.55. The topological polar surface area (TPSA) is 98.3 Å². The van der Waals surface area contributed by atoms with Crippen LogP contribution in [0.2, 0.25) is 0 Å². The minimum Gasteiger partial charge on any atom is -0.548 e. The SMILES string of the molecule is Cc1ccc(NC(=O)/C=C\C(=O)NCC(=O)[O-])cc1C. The molecule has 0 aliphatic rings. The van der Waals surface area contributed by atoms with E-state index in [1.807, 2.05) is 26.0 Å². The summed E-state index contributed by atoms with van der Waals surface area (Å²) in [7, 11) is 0. The largest absolute Gasteiger partial charge is 0.548 e. The number of carbonyl (C=O) groups excluding carboxylic acids is 3. The highest BCUT2D eigenvalue weighted by molar-refractivity contribution is 6.03. The Bertz CT molecular complexity index is 564. The lowest BCUT2D eigenvalue weighted by molar-refractivity contribution is -0.303. The van der Waals surface area contributed by atoms with E-state index in [0.717, 1.165) is 23.3 Å². The van der Waals surface area contributed by atoms with Crippen molar-refractivity contribution >= 4 is 23.5 Å². The summed E-state index contributed by atoms with van der Waals surface area (Å²) in [5.41, 5.74) is 2.77. The maximum absolute atomic E-state index is 11.5. The molecule has 0 atom stereocenters. The number of carbonyl (C=O) groups is 3. The Kier molecular flexibility index (Phi) is 5.46. The third-order valence-electron chi connectivity index (χ3n) is 2.57. The molecule has 0 aromatic heterocycles. The van der Waals surface area contributed by atoms with Crippen molar-refractivity contribution in [3.8, 4) is 0 Å². The van der Waals surface area contributed by atoms with E-state index in [1.165, 1.54) is 0 Å². The molecule has 2 N–H and O–H groups in total. The molecule has 0 radical (unpaired) electrons. The summed E-state index contributed by atoms with van der Waals surface area (Å²) in [6.45, 7) is 3.29. The van der Waals surface area contributed by atoms with Gasteiger partial charge >= 0.3 is 0 Å². The number of benzene rings is 1. The maximum Gasteiger partial charge on any atom is 0.248 e. The predicted molar refractivity (Wildman–Crippen MR) is 71.7 cm³/mol. The van der Waals surface area contributed by atoms with Crippen LogP contribution in [0.15, 0.2) is 30.4 Å². The number of carboxylic acid groups (broad SMARTS) is 1. The van der Waals surface area contributed by atoms with Gasteiger partial charge in [0.15, 0.2) is 0 Å². The van der Waals surface area contributed by atoms with Crippen molar-refractivity contribution in [3.63, 3.8) is 0 Å². The smallest absolute Gasteiger partial charge is 0.248 e. The van der Waals surface area contributed by atoms with E-state index in [2.05, 4.69) is 10.6 Å². The number of hydrogen-bond acceptors (Lipinski definition) is 4. The van der Waals surface area contributed by atoms with Gasteiger partial charge in [0.05, 0.1) is 12.5 Å². The Labute approximate surface area is 116 Å². The molecule has 0 fully saturated rings. The first-order chi connectivity index (χ1) is 9.38. The minimum atomic E-state index is -1.40. The molecular formula is C14H15N2O4-. The number of anilines is 1. The molecule has 1 aromatic carbocycles. The van der Waals surface area contributed by atoms with Crippen LogP contribution in [0.4, 0.5) is 5.69 Å². The maximum atomic E-state index is 11.5. The van der Waals surface area contributed by atoms with E-state index in [-0.39, 0.29) is 0 Å². The molecule has 1 aromatic rings. The lowest BCUT2D eigenvalue weighted by atomic mass is 10.1. The highest BCUT2D eigenvalue weighted by atomic mass is 16.4. The van der Waals surface area contributed by atoms with E-state index < -0.39 is 24.3 Å². The zero-order valence-electron chi connectivity index (χ0n) is 11.2. The van der Waals surface area contributed by atoms with Crippen LogP contribution in [0.25, 0.3) is 0 Å². The van der Waals surface area contributed by atoms with Crippen molar-refractivity contribution in [3.05, 3.63) is 41.5 Å². The van der Waals surface area contributed by atoms with Crippen molar-refractivity contribution < 1.29 is 19.5 Å². The first kappa shape index (κ1) is 15.4. The monoisotopic (exact) mass is 275 g/mol. The number of aliphatic carboxylic acids is 1. The Morgan fingerprint density at radius 2 is 1.75 bits per heavy atom. The molecule has 0 heterocycles. The highest BCUT2D eigenvalue weighted by Gasteiger charge is 2.01. The number of carboxylic acids is 1. The molecule has 2 amide bonds. The minimum absolute atomic E-state index is 0.475. The van der Waals surface area contributed by atoms with Gasteiger partial charge in [-0.2, -0.15) is 0 Å². The number of aryl methyl sites for hydroxylation is 2. The zero-order valence-corrected chi connectivity index (χ0v) is 11.2. The number of amides is 2. The number of nitrogens with one attached hydrogen (secondary N) is 2. The summed E-state index contributed by atoms with van der Waals surface area (Å²) in [6.07, 6.45) is 1.99. The van der Waals surface area contributed by atoms with Gasteiger partial charge < -0.3 is 20.5 Å².